The van der Waals surface area contributed by atoms with Gasteiger partial charge in [-0.3, -0.25) is 14.9 Å². The van der Waals surface area contributed by atoms with E-state index in [-0.39, 0.29) is 16.9 Å². The molecule has 2 aromatic rings. The molecule has 1 aliphatic heterocycles. The molecule has 176 valence electrons. The molecule has 1 aliphatic rings. The number of hydrogen-bond donors (Lipinski definition) is 2. The molecule has 0 aliphatic carbocycles. The van der Waals surface area contributed by atoms with Crippen LogP contribution in [0, 0.1) is 5.92 Å². The summed E-state index contributed by atoms with van der Waals surface area (Å²) < 4.78 is 6.57. The molecule has 0 saturated carbocycles. The number of rotatable bonds is 6. The SMILES string of the molecule is CC(C)COc1ccc(Br)cc1C(=O)NC(=S)Nc1ccccc1C(=O)N1CCCCCC1. The molecule has 0 atom stereocenters. The number of carbonyl (C=O) groups excluding carboxylic acids is 2. The van der Waals surface area contributed by atoms with Crippen molar-refractivity contribution in [2.75, 3.05) is 25.0 Å². The smallest absolute Gasteiger partial charge is 0.261 e. The Morgan fingerprint density at radius 2 is 1.76 bits per heavy atom. The first-order chi connectivity index (χ1) is 15.8. The van der Waals surface area contributed by atoms with Gasteiger partial charge in [-0.05, 0) is 61.3 Å². The van der Waals surface area contributed by atoms with Crippen LogP contribution in [0.15, 0.2) is 46.9 Å². The van der Waals surface area contributed by atoms with Crippen molar-refractivity contribution < 1.29 is 14.3 Å². The van der Waals surface area contributed by atoms with Crippen molar-refractivity contribution in [2.45, 2.75) is 39.5 Å². The Morgan fingerprint density at radius 1 is 1.06 bits per heavy atom. The molecule has 1 fully saturated rings. The average Bonchev–Trinajstić information content (AvgIpc) is 3.07. The predicted octanol–water partition coefficient (Wildman–Crippen LogP) is 5.63. The molecule has 33 heavy (non-hydrogen) atoms. The van der Waals surface area contributed by atoms with Gasteiger partial charge in [0.05, 0.1) is 23.4 Å². The lowest BCUT2D eigenvalue weighted by atomic mass is 10.1. The molecule has 6 nitrogen and oxygen atoms in total. The van der Waals surface area contributed by atoms with Crippen LogP contribution in [0.25, 0.3) is 0 Å². The average molecular weight is 533 g/mol. The molecule has 0 aromatic heterocycles. The van der Waals surface area contributed by atoms with E-state index in [0.29, 0.717) is 35.1 Å². The lowest BCUT2D eigenvalue weighted by Crippen LogP contribution is -2.36. The van der Waals surface area contributed by atoms with E-state index in [1.165, 1.54) is 0 Å². The fourth-order valence-electron chi connectivity index (χ4n) is 3.61. The first-order valence-electron chi connectivity index (χ1n) is 11.3. The van der Waals surface area contributed by atoms with Crippen molar-refractivity contribution >= 4 is 50.8 Å². The molecule has 0 spiro atoms. The van der Waals surface area contributed by atoms with Gasteiger partial charge in [0.2, 0.25) is 0 Å². The molecule has 2 amide bonds. The Labute approximate surface area is 209 Å². The Balaban J connectivity index is 1.71. The molecule has 1 heterocycles. The number of likely N-dealkylation sites (tertiary alicyclic amines) is 1. The number of benzene rings is 2. The molecule has 0 bridgehead atoms. The number of nitrogens with one attached hydrogen (secondary N) is 2. The summed E-state index contributed by atoms with van der Waals surface area (Å²) in [5, 5.41) is 5.86. The van der Waals surface area contributed by atoms with E-state index in [2.05, 4.69) is 26.6 Å². The Hall–Kier alpha value is -2.45. The number of halogens is 1. The standard InChI is InChI=1S/C25H30BrN3O3S/c1-17(2)16-32-22-12-11-18(26)15-20(22)23(30)28-25(33)27-21-10-6-5-9-19(21)24(31)29-13-7-3-4-8-14-29/h5-6,9-12,15,17H,3-4,7-8,13-14,16H2,1-2H3,(H2,27,28,30,33). The Morgan fingerprint density at radius 3 is 2.45 bits per heavy atom. The van der Waals surface area contributed by atoms with Gasteiger partial charge in [-0.15, -0.1) is 0 Å². The summed E-state index contributed by atoms with van der Waals surface area (Å²) in [6.07, 6.45) is 4.34. The summed E-state index contributed by atoms with van der Waals surface area (Å²) in [6, 6.07) is 12.5. The van der Waals surface area contributed by atoms with Crippen LogP contribution in [0.5, 0.6) is 5.75 Å². The normalized spacial score (nSPS) is 13.9. The van der Waals surface area contributed by atoms with Crippen molar-refractivity contribution in [3.05, 3.63) is 58.1 Å². The van der Waals surface area contributed by atoms with E-state index >= 15 is 0 Å². The Bertz CT molecular complexity index is 1000. The van der Waals surface area contributed by atoms with Crippen LogP contribution >= 0.6 is 28.1 Å². The third-order valence-electron chi connectivity index (χ3n) is 5.28. The van der Waals surface area contributed by atoms with Crippen LogP contribution < -0.4 is 15.4 Å². The minimum absolute atomic E-state index is 0.0227. The number of para-hydroxylation sites is 1. The van der Waals surface area contributed by atoms with Gasteiger partial charge in [-0.2, -0.15) is 0 Å². The van der Waals surface area contributed by atoms with E-state index in [4.69, 9.17) is 17.0 Å². The van der Waals surface area contributed by atoms with Crippen molar-refractivity contribution in [3.8, 4) is 5.75 Å². The first kappa shape index (κ1) is 25.2. The molecule has 3 rings (SSSR count). The minimum atomic E-state index is -0.385. The highest BCUT2D eigenvalue weighted by Gasteiger charge is 2.21. The summed E-state index contributed by atoms with van der Waals surface area (Å²) in [5.41, 5.74) is 1.49. The topological polar surface area (TPSA) is 70.7 Å². The quantitative estimate of drug-likeness (QED) is 0.473. The van der Waals surface area contributed by atoms with Crippen LogP contribution in [-0.4, -0.2) is 41.5 Å². The zero-order chi connectivity index (χ0) is 23.8. The molecule has 2 N–H and O–H groups in total. The van der Waals surface area contributed by atoms with Crippen molar-refractivity contribution in [1.29, 1.82) is 0 Å². The lowest BCUT2D eigenvalue weighted by molar-refractivity contribution is 0.0762. The van der Waals surface area contributed by atoms with Crippen LogP contribution in [0.2, 0.25) is 0 Å². The van der Waals surface area contributed by atoms with Crippen molar-refractivity contribution in [3.63, 3.8) is 0 Å². The number of anilines is 1. The molecular weight excluding hydrogens is 502 g/mol. The van der Waals surface area contributed by atoms with Crippen molar-refractivity contribution in [1.82, 2.24) is 10.2 Å². The van der Waals surface area contributed by atoms with Crippen LogP contribution in [0.4, 0.5) is 5.69 Å². The van der Waals surface area contributed by atoms with Gasteiger partial charge in [-0.1, -0.05) is 54.8 Å². The maximum atomic E-state index is 13.1. The number of hydrogen-bond acceptors (Lipinski definition) is 4. The van der Waals surface area contributed by atoms with Gasteiger partial charge in [0.15, 0.2) is 5.11 Å². The zero-order valence-electron chi connectivity index (χ0n) is 19.0. The highest BCUT2D eigenvalue weighted by molar-refractivity contribution is 9.10. The molecule has 2 aromatic carbocycles. The van der Waals surface area contributed by atoms with Gasteiger partial charge >= 0.3 is 0 Å². The molecule has 0 radical (unpaired) electrons. The number of carbonyl (C=O) groups is 2. The second kappa shape index (κ2) is 12.1. The molecule has 0 unspecified atom stereocenters. The van der Waals surface area contributed by atoms with Crippen LogP contribution in [0.3, 0.4) is 0 Å². The number of thiocarbonyl (C=S) groups is 1. The highest BCUT2D eigenvalue weighted by atomic mass is 79.9. The van der Waals surface area contributed by atoms with E-state index in [1.807, 2.05) is 36.9 Å². The van der Waals surface area contributed by atoms with Gasteiger partial charge in [0.25, 0.3) is 11.8 Å². The summed E-state index contributed by atoms with van der Waals surface area (Å²) in [4.78, 5) is 28.0. The summed E-state index contributed by atoms with van der Waals surface area (Å²) in [7, 11) is 0. The summed E-state index contributed by atoms with van der Waals surface area (Å²) in [6.45, 7) is 6.10. The van der Waals surface area contributed by atoms with Gasteiger partial charge in [-0.25, -0.2) is 0 Å². The summed E-state index contributed by atoms with van der Waals surface area (Å²) in [5.74, 6) is 0.406. The number of amides is 2. The third kappa shape index (κ3) is 7.27. The fraction of sp³-hybridized carbons (Fsp3) is 0.400. The minimum Gasteiger partial charge on any atom is -0.492 e. The number of nitrogens with zero attached hydrogens (tertiary/aromatic N) is 1. The van der Waals surface area contributed by atoms with E-state index in [1.54, 1.807) is 24.3 Å². The van der Waals surface area contributed by atoms with Crippen LogP contribution in [-0.2, 0) is 0 Å². The summed E-state index contributed by atoms with van der Waals surface area (Å²) >= 11 is 8.81. The van der Waals surface area contributed by atoms with Gasteiger partial charge < -0.3 is 15.0 Å². The second-order valence-corrected chi connectivity index (χ2v) is 9.83. The zero-order valence-corrected chi connectivity index (χ0v) is 21.4. The third-order valence-corrected chi connectivity index (χ3v) is 5.98. The largest absolute Gasteiger partial charge is 0.492 e. The maximum Gasteiger partial charge on any atom is 0.261 e. The monoisotopic (exact) mass is 531 g/mol. The number of ether oxygens (including phenoxy) is 1. The fourth-order valence-corrected chi connectivity index (χ4v) is 4.17. The second-order valence-electron chi connectivity index (χ2n) is 8.51. The molecule has 8 heteroatoms. The van der Waals surface area contributed by atoms with Crippen LogP contribution in [0.1, 0.15) is 60.2 Å². The Kier molecular flexibility index (Phi) is 9.26. The maximum absolute atomic E-state index is 13.1. The van der Waals surface area contributed by atoms with E-state index in [9.17, 15) is 9.59 Å². The molecule has 1 saturated heterocycles. The van der Waals surface area contributed by atoms with Gasteiger partial charge in [0, 0.05) is 17.6 Å². The van der Waals surface area contributed by atoms with Gasteiger partial charge in [0.1, 0.15) is 5.75 Å². The first-order valence-corrected chi connectivity index (χ1v) is 12.5. The predicted molar refractivity (Wildman–Crippen MR) is 139 cm³/mol. The highest BCUT2D eigenvalue weighted by Crippen LogP contribution is 2.24. The lowest BCUT2D eigenvalue weighted by Gasteiger charge is -2.22. The molecular formula is C25H30BrN3O3S. The van der Waals surface area contributed by atoms with E-state index in [0.717, 1.165) is 43.2 Å². The van der Waals surface area contributed by atoms with E-state index < -0.39 is 0 Å². The van der Waals surface area contributed by atoms with Crippen molar-refractivity contribution in [2.24, 2.45) is 5.92 Å².